The normalized spacial score (nSPS) is 20.7. The molecule has 21 heavy (non-hydrogen) atoms. The van der Waals surface area contributed by atoms with Crippen molar-refractivity contribution in [1.29, 1.82) is 0 Å². The minimum atomic E-state index is -4.50. The van der Waals surface area contributed by atoms with Gasteiger partial charge >= 0.3 is 12.3 Å². The van der Waals surface area contributed by atoms with E-state index in [0.29, 0.717) is 11.1 Å². The zero-order valence-corrected chi connectivity index (χ0v) is 13.9. The third-order valence-corrected chi connectivity index (χ3v) is 8.67. The SMILES string of the molecule is CC(C)(C)[Si](C)(C)OCC1CC(C(F)(F)F)=CN1C(=O)O. The lowest BCUT2D eigenvalue weighted by Gasteiger charge is -2.37. The molecule has 1 amide bonds. The summed E-state index contributed by atoms with van der Waals surface area (Å²) >= 11 is 0. The molecule has 8 heteroatoms. The zero-order chi connectivity index (χ0) is 16.6. The van der Waals surface area contributed by atoms with Gasteiger partial charge in [0.1, 0.15) is 0 Å². The summed E-state index contributed by atoms with van der Waals surface area (Å²) in [5.74, 6) is 0. The van der Waals surface area contributed by atoms with Crippen LogP contribution in [0.15, 0.2) is 11.8 Å². The summed E-state index contributed by atoms with van der Waals surface area (Å²) in [6.07, 6.45) is -5.58. The molecule has 1 aliphatic rings. The molecule has 1 aliphatic heterocycles. The van der Waals surface area contributed by atoms with E-state index in [9.17, 15) is 18.0 Å². The molecule has 0 aromatic heterocycles. The lowest BCUT2D eigenvalue weighted by Crippen LogP contribution is -2.45. The Labute approximate surface area is 123 Å². The molecule has 1 unspecified atom stereocenters. The van der Waals surface area contributed by atoms with Gasteiger partial charge in [0, 0.05) is 12.6 Å². The minimum Gasteiger partial charge on any atom is -0.465 e. The van der Waals surface area contributed by atoms with E-state index in [1.54, 1.807) is 0 Å². The Bertz CT molecular complexity index is 441. The van der Waals surface area contributed by atoms with Crippen LogP contribution in [-0.2, 0) is 4.43 Å². The first-order valence-corrected chi connectivity index (χ1v) is 9.59. The highest BCUT2D eigenvalue weighted by atomic mass is 28.4. The fourth-order valence-corrected chi connectivity index (χ4v) is 2.78. The fraction of sp³-hybridized carbons (Fsp3) is 0.769. The zero-order valence-electron chi connectivity index (χ0n) is 12.9. The molecule has 0 aliphatic carbocycles. The van der Waals surface area contributed by atoms with E-state index in [4.69, 9.17) is 9.53 Å². The Balaban J connectivity index is 2.79. The van der Waals surface area contributed by atoms with Gasteiger partial charge in [0.25, 0.3) is 0 Å². The predicted molar refractivity (Wildman–Crippen MR) is 75.6 cm³/mol. The molecule has 4 nitrogen and oxygen atoms in total. The summed E-state index contributed by atoms with van der Waals surface area (Å²) in [6.45, 7) is 9.99. The second-order valence-electron chi connectivity index (χ2n) is 6.77. The minimum absolute atomic E-state index is 0.0150. The largest absolute Gasteiger partial charge is 0.465 e. The van der Waals surface area contributed by atoms with Crippen LogP contribution >= 0.6 is 0 Å². The summed E-state index contributed by atoms with van der Waals surface area (Å²) in [4.78, 5) is 11.8. The number of hydrogen-bond donors (Lipinski definition) is 1. The molecular weight excluding hydrogens is 303 g/mol. The molecule has 0 aromatic carbocycles. The summed E-state index contributed by atoms with van der Waals surface area (Å²) in [6, 6.07) is -0.812. The van der Waals surface area contributed by atoms with Gasteiger partial charge in [0.15, 0.2) is 8.32 Å². The number of rotatable bonds is 3. The molecular formula is C13H22F3NO3Si. The van der Waals surface area contributed by atoms with Crippen LogP contribution in [0.25, 0.3) is 0 Å². The summed E-state index contributed by atoms with van der Waals surface area (Å²) < 4.78 is 44.0. The highest BCUT2D eigenvalue weighted by molar-refractivity contribution is 6.74. The molecule has 0 spiro atoms. The van der Waals surface area contributed by atoms with Crippen molar-refractivity contribution in [3.8, 4) is 0 Å². The molecule has 0 radical (unpaired) electrons. The second-order valence-corrected chi connectivity index (χ2v) is 11.6. The lowest BCUT2D eigenvalue weighted by molar-refractivity contribution is -0.0935. The second kappa shape index (κ2) is 5.64. The van der Waals surface area contributed by atoms with Crippen LogP contribution in [0, 0.1) is 0 Å². The van der Waals surface area contributed by atoms with Gasteiger partial charge in [-0.05, 0) is 18.1 Å². The Kier molecular flexibility index (Phi) is 4.84. The van der Waals surface area contributed by atoms with Gasteiger partial charge in [0.05, 0.1) is 18.2 Å². The quantitative estimate of drug-likeness (QED) is 0.791. The standard InChI is InChI=1S/C13H22F3NO3Si/c1-12(2,3)21(4,5)20-8-10-6-9(13(14,15)16)7-17(10)11(18)19/h7,10H,6,8H2,1-5H3,(H,18,19). The van der Waals surface area contributed by atoms with Crippen molar-refractivity contribution in [2.45, 2.75) is 57.5 Å². The van der Waals surface area contributed by atoms with E-state index >= 15 is 0 Å². The molecule has 0 saturated carbocycles. The molecule has 0 bridgehead atoms. The molecule has 1 N–H and O–H groups in total. The summed E-state index contributed by atoms with van der Waals surface area (Å²) in [5.41, 5.74) is -0.825. The topological polar surface area (TPSA) is 49.8 Å². The first-order chi connectivity index (χ1) is 9.25. The number of alkyl halides is 3. The van der Waals surface area contributed by atoms with Gasteiger partial charge in [-0.1, -0.05) is 20.8 Å². The van der Waals surface area contributed by atoms with Crippen LogP contribution in [0.2, 0.25) is 18.1 Å². The van der Waals surface area contributed by atoms with Crippen molar-refractivity contribution in [2.75, 3.05) is 6.61 Å². The Morgan fingerprint density at radius 2 is 1.95 bits per heavy atom. The smallest absolute Gasteiger partial charge is 0.414 e. The van der Waals surface area contributed by atoms with Crippen molar-refractivity contribution in [2.24, 2.45) is 0 Å². The maximum absolute atomic E-state index is 12.7. The van der Waals surface area contributed by atoms with Crippen LogP contribution in [-0.4, -0.2) is 43.2 Å². The first kappa shape index (κ1) is 18.0. The molecule has 122 valence electrons. The maximum atomic E-state index is 12.7. The van der Waals surface area contributed by atoms with Crippen molar-refractivity contribution < 1.29 is 27.5 Å². The monoisotopic (exact) mass is 325 g/mol. The van der Waals surface area contributed by atoms with Crippen LogP contribution < -0.4 is 0 Å². The van der Waals surface area contributed by atoms with E-state index in [1.807, 2.05) is 33.9 Å². The van der Waals surface area contributed by atoms with E-state index in [2.05, 4.69) is 0 Å². The fourth-order valence-electron chi connectivity index (χ4n) is 1.74. The first-order valence-electron chi connectivity index (χ1n) is 6.69. The van der Waals surface area contributed by atoms with Crippen LogP contribution in [0.4, 0.5) is 18.0 Å². The van der Waals surface area contributed by atoms with Crippen molar-refractivity contribution in [1.82, 2.24) is 4.90 Å². The third-order valence-electron chi connectivity index (χ3n) is 4.17. The van der Waals surface area contributed by atoms with Crippen LogP contribution in [0.1, 0.15) is 27.2 Å². The molecule has 1 heterocycles. The van der Waals surface area contributed by atoms with Crippen LogP contribution in [0.3, 0.4) is 0 Å². The highest BCUT2D eigenvalue weighted by Crippen LogP contribution is 2.39. The Morgan fingerprint density at radius 3 is 2.33 bits per heavy atom. The molecule has 0 fully saturated rings. The van der Waals surface area contributed by atoms with E-state index in [1.165, 1.54) is 0 Å². The van der Waals surface area contributed by atoms with Gasteiger partial charge < -0.3 is 9.53 Å². The van der Waals surface area contributed by atoms with Crippen molar-refractivity contribution in [3.05, 3.63) is 11.8 Å². The number of carboxylic acid groups (broad SMARTS) is 1. The predicted octanol–water partition coefficient (Wildman–Crippen LogP) is 4.21. The highest BCUT2D eigenvalue weighted by Gasteiger charge is 2.44. The number of halogens is 3. The van der Waals surface area contributed by atoms with Gasteiger partial charge in [-0.25, -0.2) is 4.79 Å². The third kappa shape index (κ3) is 4.23. The molecule has 0 saturated heterocycles. The molecule has 1 rings (SSSR count). The summed E-state index contributed by atoms with van der Waals surface area (Å²) in [7, 11) is -2.13. The van der Waals surface area contributed by atoms with E-state index in [-0.39, 0.29) is 18.1 Å². The van der Waals surface area contributed by atoms with Crippen molar-refractivity contribution >= 4 is 14.4 Å². The molecule has 1 atom stereocenters. The number of amides is 1. The lowest BCUT2D eigenvalue weighted by atomic mass is 10.1. The van der Waals surface area contributed by atoms with Crippen molar-refractivity contribution in [3.63, 3.8) is 0 Å². The number of carbonyl (C=O) groups is 1. The van der Waals surface area contributed by atoms with E-state index < -0.39 is 32.2 Å². The molecule has 0 aromatic rings. The van der Waals surface area contributed by atoms with Gasteiger partial charge in [0.2, 0.25) is 0 Å². The average Bonchev–Trinajstić information content (AvgIpc) is 2.68. The number of hydrogen-bond acceptors (Lipinski definition) is 2. The van der Waals surface area contributed by atoms with E-state index in [0.717, 1.165) is 0 Å². The number of nitrogens with zero attached hydrogens (tertiary/aromatic N) is 1. The van der Waals surface area contributed by atoms with Gasteiger partial charge in [-0.2, -0.15) is 13.2 Å². The maximum Gasteiger partial charge on any atom is 0.414 e. The average molecular weight is 325 g/mol. The summed E-state index contributed by atoms with van der Waals surface area (Å²) in [5, 5.41) is 8.94. The van der Waals surface area contributed by atoms with Gasteiger partial charge in [-0.3, -0.25) is 4.90 Å². The Morgan fingerprint density at radius 1 is 1.43 bits per heavy atom. The Hall–Kier alpha value is -1.02. The van der Waals surface area contributed by atoms with Crippen LogP contribution in [0.5, 0.6) is 0 Å². The van der Waals surface area contributed by atoms with Gasteiger partial charge in [-0.15, -0.1) is 0 Å².